The predicted molar refractivity (Wildman–Crippen MR) is 34.0 cm³/mol. The second-order valence-electron chi connectivity index (χ2n) is 1.96. The van der Waals surface area contributed by atoms with Gasteiger partial charge >= 0.3 is 0 Å². The molecular weight excluding hydrogens is 118 g/mol. The number of nitrogens with two attached hydrogens (primary N) is 1. The molecule has 0 aliphatic rings. The fraction of sp³-hybridized carbons (Fsp3) is 0.667. The largest absolute Gasteiger partial charge is 0.322 e. The molecule has 0 saturated carbocycles. The van der Waals surface area contributed by atoms with Crippen molar-refractivity contribution >= 4 is 12.1 Å². The average molecular weight is 129 g/mol. The van der Waals surface area contributed by atoms with Gasteiger partial charge in [0.2, 0.25) is 0 Å². The third kappa shape index (κ3) is 3.85. The summed E-state index contributed by atoms with van der Waals surface area (Å²) < 4.78 is 0. The summed E-state index contributed by atoms with van der Waals surface area (Å²) >= 11 is 0. The topological polar surface area (TPSA) is 60.2 Å². The van der Waals surface area contributed by atoms with Crippen molar-refractivity contribution in [3.63, 3.8) is 0 Å². The summed E-state index contributed by atoms with van der Waals surface area (Å²) in [7, 11) is 0. The number of hydrogen-bond acceptors (Lipinski definition) is 3. The quantitative estimate of drug-likeness (QED) is 0.538. The zero-order valence-electron chi connectivity index (χ0n) is 5.46. The van der Waals surface area contributed by atoms with Crippen molar-refractivity contribution in [1.29, 1.82) is 0 Å². The lowest BCUT2D eigenvalue weighted by atomic mass is 10.1. The van der Waals surface area contributed by atoms with Gasteiger partial charge in [-0.15, -0.1) is 0 Å². The van der Waals surface area contributed by atoms with Crippen LogP contribution in [0.1, 0.15) is 19.8 Å². The zero-order chi connectivity index (χ0) is 7.28. The van der Waals surface area contributed by atoms with Gasteiger partial charge in [0.05, 0.1) is 6.04 Å². The van der Waals surface area contributed by atoms with Crippen LogP contribution in [0.25, 0.3) is 0 Å². The van der Waals surface area contributed by atoms with E-state index in [4.69, 9.17) is 5.73 Å². The van der Waals surface area contributed by atoms with Crippen molar-refractivity contribution in [1.82, 2.24) is 0 Å². The lowest BCUT2D eigenvalue weighted by molar-refractivity contribution is -0.118. The molecule has 0 bridgehead atoms. The molecule has 52 valence electrons. The van der Waals surface area contributed by atoms with Crippen LogP contribution in [-0.2, 0) is 9.59 Å². The Morgan fingerprint density at radius 2 is 2.33 bits per heavy atom. The van der Waals surface area contributed by atoms with Gasteiger partial charge in [-0.3, -0.25) is 4.79 Å². The van der Waals surface area contributed by atoms with Crippen LogP contribution in [0.2, 0.25) is 0 Å². The molecule has 0 radical (unpaired) electrons. The van der Waals surface area contributed by atoms with E-state index in [1.165, 1.54) is 6.92 Å². The van der Waals surface area contributed by atoms with E-state index in [9.17, 15) is 9.59 Å². The van der Waals surface area contributed by atoms with Crippen LogP contribution >= 0.6 is 0 Å². The van der Waals surface area contributed by atoms with E-state index >= 15 is 0 Å². The van der Waals surface area contributed by atoms with Gasteiger partial charge in [0.1, 0.15) is 12.1 Å². The van der Waals surface area contributed by atoms with Crippen molar-refractivity contribution in [2.24, 2.45) is 5.73 Å². The Labute approximate surface area is 54.2 Å². The first-order valence-electron chi connectivity index (χ1n) is 2.88. The number of aldehydes is 1. The van der Waals surface area contributed by atoms with Gasteiger partial charge in [0.25, 0.3) is 0 Å². The Hall–Kier alpha value is -0.700. The van der Waals surface area contributed by atoms with E-state index in [0.29, 0.717) is 12.8 Å². The Bertz CT molecular complexity index is 112. The second kappa shape index (κ2) is 4.21. The van der Waals surface area contributed by atoms with Crippen LogP contribution in [-0.4, -0.2) is 18.1 Å². The zero-order valence-corrected chi connectivity index (χ0v) is 5.46. The first-order valence-corrected chi connectivity index (χ1v) is 2.88. The van der Waals surface area contributed by atoms with Gasteiger partial charge in [-0.25, -0.2) is 0 Å². The third-order valence-electron chi connectivity index (χ3n) is 1.12. The normalized spacial score (nSPS) is 12.7. The highest BCUT2D eigenvalue weighted by molar-refractivity contribution is 5.81. The first kappa shape index (κ1) is 8.30. The van der Waals surface area contributed by atoms with Gasteiger partial charge in [-0.05, 0) is 13.3 Å². The molecule has 3 nitrogen and oxygen atoms in total. The van der Waals surface area contributed by atoms with Crippen molar-refractivity contribution in [3.8, 4) is 0 Å². The minimum absolute atomic E-state index is 0.0585. The Balaban J connectivity index is 3.37. The van der Waals surface area contributed by atoms with Gasteiger partial charge in [-0.2, -0.15) is 0 Å². The van der Waals surface area contributed by atoms with Crippen LogP contribution in [0.4, 0.5) is 0 Å². The molecule has 2 N–H and O–H groups in total. The molecule has 3 heteroatoms. The van der Waals surface area contributed by atoms with Crippen molar-refractivity contribution < 1.29 is 9.59 Å². The highest BCUT2D eigenvalue weighted by Gasteiger charge is 2.05. The molecule has 0 fully saturated rings. The van der Waals surface area contributed by atoms with E-state index in [-0.39, 0.29) is 5.78 Å². The molecule has 0 amide bonds. The lowest BCUT2D eigenvalue weighted by Crippen LogP contribution is -2.27. The summed E-state index contributed by atoms with van der Waals surface area (Å²) in [6, 6.07) is -0.449. The Morgan fingerprint density at radius 3 is 2.67 bits per heavy atom. The molecule has 0 aromatic rings. The number of hydrogen-bond donors (Lipinski definition) is 1. The van der Waals surface area contributed by atoms with Crippen molar-refractivity contribution in [2.75, 3.05) is 0 Å². The highest BCUT2D eigenvalue weighted by atomic mass is 16.1. The Morgan fingerprint density at radius 1 is 1.78 bits per heavy atom. The van der Waals surface area contributed by atoms with Gasteiger partial charge in [0, 0.05) is 6.42 Å². The Kier molecular flexibility index (Phi) is 3.88. The van der Waals surface area contributed by atoms with E-state index < -0.39 is 6.04 Å². The predicted octanol–water partition coefficient (Wildman–Crippen LogP) is -0.118. The number of carbonyl (C=O) groups is 2. The van der Waals surface area contributed by atoms with E-state index in [1.54, 1.807) is 0 Å². The minimum atomic E-state index is -0.449. The molecule has 0 aromatic carbocycles. The first-order chi connectivity index (χ1) is 4.18. The lowest BCUT2D eigenvalue weighted by Gasteiger charge is -2.01. The van der Waals surface area contributed by atoms with Crippen LogP contribution in [0.3, 0.4) is 0 Å². The number of rotatable bonds is 4. The summed E-state index contributed by atoms with van der Waals surface area (Å²) in [5, 5.41) is 0. The summed E-state index contributed by atoms with van der Waals surface area (Å²) in [5.41, 5.74) is 5.29. The molecule has 0 unspecified atom stereocenters. The molecule has 0 aromatic heterocycles. The molecular formula is C6H11NO2. The van der Waals surface area contributed by atoms with Crippen LogP contribution in [0.15, 0.2) is 0 Å². The third-order valence-corrected chi connectivity index (χ3v) is 1.12. The van der Waals surface area contributed by atoms with Crippen molar-refractivity contribution in [2.45, 2.75) is 25.8 Å². The molecule has 9 heavy (non-hydrogen) atoms. The van der Waals surface area contributed by atoms with E-state index in [1.807, 2.05) is 0 Å². The maximum absolute atomic E-state index is 10.4. The minimum Gasteiger partial charge on any atom is -0.322 e. The van der Waals surface area contributed by atoms with Gasteiger partial charge < -0.3 is 10.5 Å². The van der Waals surface area contributed by atoms with Gasteiger partial charge in [0.15, 0.2) is 0 Å². The van der Waals surface area contributed by atoms with Crippen LogP contribution in [0, 0.1) is 0 Å². The van der Waals surface area contributed by atoms with Crippen LogP contribution < -0.4 is 5.73 Å². The second-order valence-corrected chi connectivity index (χ2v) is 1.96. The molecule has 0 heterocycles. The van der Waals surface area contributed by atoms with E-state index in [2.05, 4.69) is 0 Å². The summed E-state index contributed by atoms with van der Waals surface area (Å²) in [4.78, 5) is 20.2. The summed E-state index contributed by atoms with van der Waals surface area (Å²) in [5.74, 6) is -0.0585. The highest BCUT2D eigenvalue weighted by Crippen LogP contribution is 1.91. The monoisotopic (exact) mass is 129 g/mol. The fourth-order valence-corrected chi connectivity index (χ4v) is 0.451. The van der Waals surface area contributed by atoms with Crippen molar-refractivity contribution in [3.05, 3.63) is 0 Å². The molecule has 0 rings (SSSR count). The molecule has 0 aliphatic heterocycles. The van der Waals surface area contributed by atoms with E-state index in [0.717, 1.165) is 6.29 Å². The SMILES string of the molecule is CC(=O)[C@@H](N)CCC=O. The average Bonchev–Trinajstić information content (AvgIpc) is 1.82. The molecule has 0 aliphatic carbocycles. The number of carbonyl (C=O) groups excluding carboxylic acids is 2. The number of ketones is 1. The van der Waals surface area contributed by atoms with Gasteiger partial charge in [-0.1, -0.05) is 0 Å². The standard InChI is InChI=1S/C6H11NO2/c1-5(9)6(7)3-2-4-8/h4,6H,2-3,7H2,1H3/t6-/m0/s1. The summed E-state index contributed by atoms with van der Waals surface area (Å²) in [6.07, 6.45) is 1.61. The fourth-order valence-electron chi connectivity index (χ4n) is 0.451. The maximum atomic E-state index is 10.4. The maximum Gasteiger partial charge on any atom is 0.146 e. The number of Topliss-reactive ketones (excluding diaryl/α,β-unsaturated/α-hetero) is 1. The van der Waals surface area contributed by atoms with Crippen LogP contribution in [0.5, 0.6) is 0 Å². The summed E-state index contributed by atoms with van der Waals surface area (Å²) in [6.45, 7) is 1.43. The smallest absolute Gasteiger partial charge is 0.146 e. The molecule has 1 atom stereocenters. The molecule has 0 spiro atoms. The molecule has 0 saturated heterocycles.